The van der Waals surface area contributed by atoms with Crippen molar-refractivity contribution in [2.45, 2.75) is 0 Å². The molecule has 0 heterocycles. The van der Waals surface area contributed by atoms with E-state index >= 15 is 0 Å². The van der Waals surface area contributed by atoms with E-state index in [4.69, 9.17) is 0 Å². The lowest BCUT2D eigenvalue weighted by Crippen LogP contribution is -2.20. The van der Waals surface area contributed by atoms with Crippen molar-refractivity contribution in [2.24, 2.45) is 0 Å². The van der Waals surface area contributed by atoms with Gasteiger partial charge < -0.3 is 0 Å². The van der Waals surface area contributed by atoms with Crippen molar-refractivity contribution in [1.29, 1.82) is 0 Å². The van der Waals surface area contributed by atoms with E-state index in [-0.39, 0.29) is 10.6 Å². The van der Waals surface area contributed by atoms with Gasteiger partial charge in [-0.1, -0.05) is 12.1 Å². The zero-order valence-electron chi connectivity index (χ0n) is 8.80. The van der Waals surface area contributed by atoms with Gasteiger partial charge in [-0.2, -0.15) is 0 Å². The van der Waals surface area contributed by atoms with Gasteiger partial charge in [-0.25, -0.2) is 17.6 Å². The highest BCUT2D eigenvalue weighted by atomic mass is 127. The largest absolute Gasteiger partial charge is 0.206 e. The highest BCUT2D eigenvalue weighted by Gasteiger charge is 2.24. The molecular weight excluding hydrogens is 378 g/mol. The molecule has 0 atom stereocenters. The predicted octanol–water partition coefficient (Wildman–Crippen LogP) is 4.03. The van der Waals surface area contributed by atoms with Gasteiger partial charge in [0.15, 0.2) is 0 Å². The maximum atomic E-state index is 13.6. The molecule has 0 nitrogen and oxygen atoms in total. The van der Waals surface area contributed by atoms with E-state index in [0.717, 1.165) is 24.3 Å². The molecule has 0 aliphatic heterocycles. The molecule has 6 heteroatoms. The van der Waals surface area contributed by atoms with Crippen molar-refractivity contribution in [1.82, 2.24) is 0 Å². The van der Waals surface area contributed by atoms with Crippen LogP contribution in [-0.2, 0) is 0 Å². The molecule has 2 rings (SSSR count). The van der Waals surface area contributed by atoms with Crippen molar-refractivity contribution in [3.05, 3.63) is 59.7 Å². The Balaban J connectivity index is 2.58. The number of hydrogen-bond donors (Lipinski definition) is 0. The van der Waals surface area contributed by atoms with Gasteiger partial charge in [0.1, 0.15) is 23.3 Å². The quantitative estimate of drug-likeness (QED) is 0.417. The molecule has 0 saturated heterocycles. The molecule has 2 aromatic rings. The smallest absolute Gasteiger partial charge is 0.134 e. The number of rotatable bonds is 2. The molecule has 94 valence electrons. The minimum atomic E-state index is -1.78. The van der Waals surface area contributed by atoms with E-state index < -0.39 is 28.8 Å². The molecule has 0 saturated carbocycles. The average molecular weight is 384 g/mol. The van der Waals surface area contributed by atoms with Gasteiger partial charge >= 0.3 is 0 Å². The van der Waals surface area contributed by atoms with Gasteiger partial charge in [-0.3, -0.25) is 0 Å². The summed E-state index contributed by atoms with van der Waals surface area (Å²) in [6.07, 6.45) is 0. The summed E-state index contributed by atoms with van der Waals surface area (Å²) in [6.45, 7) is 0. The van der Waals surface area contributed by atoms with Gasteiger partial charge in [0.25, 0.3) is 0 Å². The normalized spacial score (nSPS) is 11.0. The van der Waals surface area contributed by atoms with E-state index in [1.807, 2.05) is 0 Å². The van der Waals surface area contributed by atoms with Crippen LogP contribution in [0.15, 0.2) is 36.4 Å². The number of hydrogen-bond acceptors (Lipinski definition) is 0. The first-order valence-electron chi connectivity index (χ1n) is 4.86. The van der Waals surface area contributed by atoms with Crippen LogP contribution in [0.3, 0.4) is 0 Å². The van der Waals surface area contributed by atoms with Crippen LogP contribution in [-0.4, -0.2) is 0 Å². The Morgan fingerprint density at radius 3 is 1.22 bits per heavy atom. The van der Waals surface area contributed by atoms with E-state index in [9.17, 15) is 17.6 Å². The van der Waals surface area contributed by atoms with Crippen LogP contribution < -0.4 is 10.6 Å². The fraction of sp³-hybridized carbons (Fsp3) is 0. The Labute approximate surface area is 115 Å². The Kier molecular flexibility index (Phi) is 4.22. The molecule has 0 N–H and O–H groups in total. The van der Waals surface area contributed by atoms with Crippen LogP contribution in [0.25, 0.3) is 0 Å². The van der Waals surface area contributed by atoms with Gasteiger partial charge in [-0.05, 0) is 46.3 Å². The standard InChI is InChI=1S/C12H6F4IP/c13-7-3-1-4-8(14)11(7)18(17)12-9(15)5-2-6-10(12)16/h1-6H. The molecule has 2 aromatic carbocycles. The summed E-state index contributed by atoms with van der Waals surface area (Å²) < 4.78 is 54.3. The fourth-order valence-electron chi connectivity index (χ4n) is 1.46. The lowest BCUT2D eigenvalue weighted by molar-refractivity contribution is 0.595. The number of halogens is 5. The molecule has 0 aromatic heterocycles. The van der Waals surface area contributed by atoms with Gasteiger partial charge in [-0.15, -0.1) is 0 Å². The van der Waals surface area contributed by atoms with Crippen molar-refractivity contribution >= 4 is 38.2 Å². The highest BCUT2D eigenvalue weighted by molar-refractivity contribution is 14.2. The SMILES string of the molecule is Fc1cccc(F)c1P(I)c1c(F)cccc1F. The first kappa shape index (κ1) is 13.7. The van der Waals surface area contributed by atoms with Crippen LogP contribution in [0, 0.1) is 23.3 Å². The lowest BCUT2D eigenvalue weighted by Gasteiger charge is -2.14. The summed E-state index contributed by atoms with van der Waals surface area (Å²) in [6, 6.07) is 6.73. The number of benzene rings is 2. The Morgan fingerprint density at radius 2 is 0.944 bits per heavy atom. The Bertz CT molecular complexity index is 496. The summed E-state index contributed by atoms with van der Waals surface area (Å²) in [5.41, 5.74) is -1.78. The first-order valence-corrected chi connectivity index (χ1v) is 8.99. The Hall–Kier alpha value is -0.680. The molecule has 0 aliphatic rings. The van der Waals surface area contributed by atoms with Crippen molar-refractivity contribution in [3.8, 4) is 0 Å². The van der Waals surface area contributed by atoms with Crippen LogP contribution in [0.1, 0.15) is 0 Å². The topological polar surface area (TPSA) is 0 Å². The lowest BCUT2D eigenvalue weighted by atomic mass is 10.3. The van der Waals surface area contributed by atoms with Crippen LogP contribution in [0.4, 0.5) is 17.6 Å². The van der Waals surface area contributed by atoms with E-state index in [0.29, 0.717) is 0 Å². The highest BCUT2D eigenvalue weighted by Crippen LogP contribution is 2.45. The van der Waals surface area contributed by atoms with Gasteiger partial charge in [0, 0.05) is 5.56 Å². The zero-order chi connectivity index (χ0) is 13.3. The maximum absolute atomic E-state index is 13.6. The predicted molar refractivity (Wildman–Crippen MR) is 72.9 cm³/mol. The summed E-state index contributed by atoms with van der Waals surface area (Å²) >= 11 is 1.68. The van der Waals surface area contributed by atoms with Gasteiger partial charge in [0.05, 0.1) is 10.6 Å². The third-order valence-corrected chi connectivity index (χ3v) is 6.80. The van der Waals surface area contributed by atoms with Crippen molar-refractivity contribution < 1.29 is 17.6 Å². The second-order valence-electron chi connectivity index (χ2n) is 3.42. The molecule has 0 radical (unpaired) electrons. The summed E-state index contributed by atoms with van der Waals surface area (Å²) in [7, 11) is 0. The van der Waals surface area contributed by atoms with Crippen LogP contribution in [0.5, 0.6) is 0 Å². The third-order valence-electron chi connectivity index (χ3n) is 2.27. The van der Waals surface area contributed by atoms with Crippen LogP contribution in [0.2, 0.25) is 0 Å². The maximum Gasteiger partial charge on any atom is 0.134 e. The molecule has 0 aliphatic carbocycles. The minimum absolute atomic E-state index is 0.280. The van der Waals surface area contributed by atoms with Crippen molar-refractivity contribution in [3.63, 3.8) is 0 Å². The molecule has 0 spiro atoms. The van der Waals surface area contributed by atoms with Crippen molar-refractivity contribution in [2.75, 3.05) is 0 Å². The first-order chi connectivity index (χ1) is 8.52. The second-order valence-corrected chi connectivity index (χ2v) is 7.77. The Morgan fingerprint density at radius 1 is 0.667 bits per heavy atom. The van der Waals surface area contributed by atoms with E-state index in [2.05, 4.69) is 0 Å². The van der Waals surface area contributed by atoms with E-state index in [1.165, 1.54) is 12.1 Å². The zero-order valence-corrected chi connectivity index (χ0v) is 11.9. The molecule has 18 heavy (non-hydrogen) atoms. The molecular formula is C12H6F4IP. The summed E-state index contributed by atoms with van der Waals surface area (Å²) in [5.74, 6) is -3.17. The molecule has 0 amide bonds. The van der Waals surface area contributed by atoms with Gasteiger partial charge in [0.2, 0.25) is 0 Å². The monoisotopic (exact) mass is 384 g/mol. The van der Waals surface area contributed by atoms with E-state index in [1.54, 1.807) is 22.0 Å². The molecule has 0 bridgehead atoms. The average Bonchev–Trinajstić information content (AvgIpc) is 2.28. The summed E-state index contributed by atoms with van der Waals surface area (Å²) in [4.78, 5) is 0. The van der Waals surface area contributed by atoms with Crippen LogP contribution >= 0.6 is 27.6 Å². The summed E-state index contributed by atoms with van der Waals surface area (Å²) in [5, 5.41) is -0.561. The minimum Gasteiger partial charge on any atom is -0.206 e. The fourth-order valence-corrected chi connectivity index (χ4v) is 5.50. The third kappa shape index (κ3) is 2.52. The second kappa shape index (κ2) is 5.53. The molecule has 0 unspecified atom stereocenters. The molecule has 0 fully saturated rings.